The Morgan fingerprint density at radius 3 is 2.97 bits per heavy atom. The largest absolute Gasteiger partial charge is 0.417 e. The Hall–Kier alpha value is -3.93. The van der Waals surface area contributed by atoms with Gasteiger partial charge in [-0.05, 0) is 42.5 Å². The minimum Gasteiger partial charge on any atom is -0.417 e. The Morgan fingerprint density at radius 2 is 2.06 bits per heavy atom. The van der Waals surface area contributed by atoms with Gasteiger partial charge in [0.1, 0.15) is 17.9 Å². The second kappa shape index (κ2) is 9.06. The van der Waals surface area contributed by atoms with E-state index in [1.165, 1.54) is 6.33 Å². The molecule has 8 heteroatoms. The van der Waals surface area contributed by atoms with Crippen LogP contribution in [0.3, 0.4) is 0 Å². The van der Waals surface area contributed by atoms with E-state index in [9.17, 15) is 4.79 Å². The van der Waals surface area contributed by atoms with E-state index in [1.54, 1.807) is 18.2 Å². The third kappa shape index (κ3) is 4.54. The average Bonchev–Trinajstić information content (AvgIpc) is 3.28. The summed E-state index contributed by atoms with van der Waals surface area (Å²) in [7, 11) is 0. The van der Waals surface area contributed by atoms with Crippen molar-refractivity contribution in [2.24, 2.45) is 0 Å². The Balaban J connectivity index is 1.32. The summed E-state index contributed by atoms with van der Waals surface area (Å²) in [4.78, 5) is 26.2. The zero-order valence-electron chi connectivity index (χ0n) is 17.3. The van der Waals surface area contributed by atoms with E-state index in [2.05, 4.69) is 37.0 Å². The molecule has 1 saturated heterocycles. The van der Waals surface area contributed by atoms with Crippen molar-refractivity contribution in [2.75, 3.05) is 38.2 Å². The van der Waals surface area contributed by atoms with Crippen LogP contribution < -0.4 is 10.1 Å². The van der Waals surface area contributed by atoms with Crippen molar-refractivity contribution in [1.82, 2.24) is 19.9 Å². The lowest BCUT2D eigenvalue weighted by Crippen LogP contribution is -2.36. The Morgan fingerprint density at radius 1 is 1.16 bits per heavy atom. The fourth-order valence-electron chi connectivity index (χ4n) is 3.58. The first kappa shape index (κ1) is 20.0. The molecular weight excluding hydrogens is 406 g/mol. The van der Waals surface area contributed by atoms with Gasteiger partial charge >= 0.3 is 5.97 Å². The second-order valence-corrected chi connectivity index (χ2v) is 7.39. The number of hydrogen-bond donors (Lipinski definition) is 2. The first-order valence-corrected chi connectivity index (χ1v) is 10.3. The third-order valence-electron chi connectivity index (χ3n) is 5.23. The smallest absolute Gasteiger partial charge is 0.389 e. The van der Waals surface area contributed by atoms with Crippen LogP contribution in [0.2, 0.25) is 0 Å². The fourth-order valence-corrected chi connectivity index (χ4v) is 3.58. The van der Waals surface area contributed by atoms with Crippen molar-refractivity contribution < 1.29 is 14.3 Å². The minimum atomic E-state index is -0.595. The van der Waals surface area contributed by atoms with Crippen molar-refractivity contribution in [1.29, 1.82) is 0 Å². The van der Waals surface area contributed by atoms with E-state index in [1.807, 2.05) is 30.5 Å². The maximum absolute atomic E-state index is 12.2. The van der Waals surface area contributed by atoms with Crippen LogP contribution in [0.4, 0.5) is 11.5 Å². The summed E-state index contributed by atoms with van der Waals surface area (Å²) in [6.07, 6.45) is 3.40. The van der Waals surface area contributed by atoms with Crippen molar-refractivity contribution >= 4 is 39.3 Å². The maximum atomic E-state index is 12.2. The molecule has 4 aromatic rings. The number of morpholine rings is 1. The van der Waals surface area contributed by atoms with Crippen LogP contribution in [-0.2, 0) is 9.53 Å². The van der Waals surface area contributed by atoms with E-state index in [4.69, 9.17) is 9.47 Å². The highest BCUT2D eigenvalue weighted by atomic mass is 16.5. The second-order valence-electron chi connectivity index (χ2n) is 7.39. The number of carbonyl (C=O) groups is 1. The zero-order valence-corrected chi connectivity index (χ0v) is 17.3. The number of fused-ring (bicyclic) bond motifs is 2. The number of aromatic nitrogens is 3. The van der Waals surface area contributed by atoms with Crippen LogP contribution in [0.5, 0.6) is 5.75 Å². The molecule has 0 radical (unpaired) electrons. The number of nitrogens with one attached hydrogen (secondary N) is 2. The Bertz CT molecular complexity index is 1330. The predicted octanol–water partition coefficient (Wildman–Crippen LogP) is 3.10. The zero-order chi connectivity index (χ0) is 21.8. The molecular formula is C24H21N5O3. The summed E-state index contributed by atoms with van der Waals surface area (Å²) >= 11 is 0. The lowest BCUT2D eigenvalue weighted by atomic mass is 10.2. The molecule has 2 N–H and O–H groups in total. The molecule has 0 bridgehead atoms. The highest BCUT2D eigenvalue weighted by Gasteiger charge is 2.10. The standard InChI is InChI=1S/C24H21N5O3/c30-23(2-1-9-29-10-12-31-13-11-29)32-19-4-6-22-20(15-19)24(27-16-26-22)28-18-3-5-21-17(14-18)7-8-25-21/h3-8,14-16,25H,9-13H2,(H,26,27,28). The molecule has 1 aliphatic rings. The van der Waals surface area contributed by atoms with Gasteiger partial charge in [-0.1, -0.05) is 5.92 Å². The number of hydrogen-bond acceptors (Lipinski definition) is 7. The van der Waals surface area contributed by atoms with Crippen molar-refractivity contribution in [3.8, 4) is 17.6 Å². The summed E-state index contributed by atoms with van der Waals surface area (Å²) < 4.78 is 10.7. The third-order valence-corrected chi connectivity index (χ3v) is 5.23. The fraction of sp³-hybridized carbons (Fsp3) is 0.208. The Labute approximate surface area is 184 Å². The minimum absolute atomic E-state index is 0.391. The van der Waals surface area contributed by atoms with E-state index in [0.29, 0.717) is 31.3 Å². The van der Waals surface area contributed by atoms with Crippen LogP contribution in [-0.4, -0.2) is 58.7 Å². The molecule has 0 atom stereocenters. The molecule has 5 rings (SSSR count). The predicted molar refractivity (Wildman–Crippen MR) is 122 cm³/mol. The van der Waals surface area contributed by atoms with E-state index >= 15 is 0 Å². The first-order valence-electron chi connectivity index (χ1n) is 10.3. The van der Waals surface area contributed by atoms with E-state index in [-0.39, 0.29) is 0 Å². The number of rotatable bonds is 4. The van der Waals surface area contributed by atoms with Crippen LogP contribution in [0.1, 0.15) is 0 Å². The van der Waals surface area contributed by atoms with Crippen molar-refractivity contribution in [3.63, 3.8) is 0 Å². The normalized spacial score (nSPS) is 14.1. The molecule has 3 heterocycles. The summed E-state index contributed by atoms with van der Waals surface area (Å²) in [5, 5.41) is 5.17. The van der Waals surface area contributed by atoms with E-state index < -0.39 is 5.97 Å². The number of carbonyl (C=O) groups excluding carboxylic acids is 1. The van der Waals surface area contributed by atoms with Crippen LogP contribution >= 0.6 is 0 Å². The van der Waals surface area contributed by atoms with Gasteiger partial charge in [-0.2, -0.15) is 0 Å². The molecule has 0 saturated carbocycles. The SMILES string of the molecule is O=C(C#CCN1CCOCC1)Oc1ccc2ncnc(Nc3ccc4[nH]ccc4c3)c2c1. The number of aromatic amines is 1. The molecule has 0 unspecified atom stereocenters. The van der Waals surface area contributed by atoms with Gasteiger partial charge in [0, 0.05) is 47.2 Å². The molecule has 8 nitrogen and oxygen atoms in total. The molecule has 0 aliphatic carbocycles. The monoisotopic (exact) mass is 427 g/mol. The molecule has 32 heavy (non-hydrogen) atoms. The van der Waals surface area contributed by atoms with Gasteiger partial charge in [0.2, 0.25) is 0 Å². The van der Waals surface area contributed by atoms with Crippen LogP contribution in [0, 0.1) is 11.8 Å². The molecule has 2 aromatic carbocycles. The van der Waals surface area contributed by atoms with E-state index in [0.717, 1.165) is 40.6 Å². The first-order chi connectivity index (χ1) is 15.7. The number of benzene rings is 2. The van der Waals surface area contributed by atoms with Gasteiger partial charge in [0.15, 0.2) is 0 Å². The molecule has 1 fully saturated rings. The maximum Gasteiger partial charge on any atom is 0.389 e. The van der Waals surface area contributed by atoms with Crippen molar-refractivity contribution in [2.45, 2.75) is 0 Å². The quantitative estimate of drug-likeness (QED) is 0.224. The molecule has 2 aromatic heterocycles. The van der Waals surface area contributed by atoms with Gasteiger partial charge in [0.25, 0.3) is 0 Å². The number of nitrogens with zero attached hydrogens (tertiary/aromatic N) is 3. The van der Waals surface area contributed by atoms with Gasteiger partial charge < -0.3 is 19.8 Å². The number of anilines is 2. The number of esters is 1. The van der Waals surface area contributed by atoms with Gasteiger partial charge in [0.05, 0.1) is 25.3 Å². The lowest BCUT2D eigenvalue weighted by Gasteiger charge is -2.24. The summed E-state index contributed by atoms with van der Waals surface area (Å²) in [6.45, 7) is 3.55. The topological polar surface area (TPSA) is 92.4 Å². The molecule has 160 valence electrons. The molecule has 0 amide bonds. The van der Waals surface area contributed by atoms with Gasteiger partial charge in [-0.25, -0.2) is 14.8 Å². The Kier molecular flexibility index (Phi) is 5.66. The summed E-state index contributed by atoms with van der Waals surface area (Å²) in [5.74, 6) is 5.85. The molecule has 0 spiro atoms. The highest BCUT2D eigenvalue weighted by Crippen LogP contribution is 2.28. The van der Waals surface area contributed by atoms with Crippen molar-refractivity contribution in [3.05, 3.63) is 55.0 Å². The van der Waals surface area contributed by atoms with Crippen LogP contribution in [0.25, 0.3) is 21.8 Å². The number of ether oxygens (including phenoxy) is 2. The highest BCUT2D eigenvalue weighted by molar-refractivity contribution is 5.94. The van der Waals surface area contributed by atoms with Crippen LogP contribution in [0.15, 0.2) is 55.0 Å². The molecule has 1 aliphatic heterocycles. The summed E-state index contributed by atoms with van der Waals surface area (Å²) in [6, 6.07) is 13.3. The average molecular weight is 427 g/mol. The summed E-state index contributed by atoms with van der Waals surface area (Å²) in [5.41, 5.74) is 2.70. The van der Waals surface area contributed by atoms with Gasteiger partial charge in [-0.15, -0.1) is 0 Å². The van der Waals surface area contributed by atoms with Gasteiger partial charge in [-0.3, -0.25) is 4.90 Å². The lowest BCUT2D eigenvalue weighted by molar-refractivity contribution is -0.128. The number of H-pyrrole nitrogens is 1.